The SMILES string of the molecule is c1ccc2c(c1)-c1cc(-c3ccc4ccc5cccnc5c4n3)ccc1C21c2ccccc2-c2c1oc1ccccc21. The minimum atomic E-state index is -0.508. The minimum Gasteiger partial charge on any atom is -0.459 e. The first-order valence-electron chi connectivity index (χ1n) is 14.3. The Bertz CT molecular complexity index is 2430. The Morgan fingerprint density at radius 3 is 2.17 bits per heavy atom. The van der Waals surface area contributed by atoms with Gasteiger partial charge in [0.15, 0.2) is 0 Å². The summed E-state index contributed by atoms with van der Waals surface area (Å²) >= 11 is 0. The third-order valence-corrected chi connectivity index (χ3v) is 9.31. The van der Waals surface area contributed by atoms with E-state index >= 15 is 0 Å². The predicted octanol–water partition coefficient (Wildman–Crippen LogP) is 9.54. The van der Waals surface area contributed by atoms with Crippen LogP contribution in [0.25, 0.3) is 66.3 Å². The van der Waals surface area contributed by atoms with E-state index in [4.69, 9.17) is 9.40 Å². The first-order valence-corrected chi connectivity index (χ1v) is 14.3. The Morgan fingerprint density at radius 2 is 1.26 bits per heavy atom. The van der Waals surface area contributed by atoms with Gasteiger partial charge in [-0.3, -0.25) is 4.98 Å². The van der Waals surface area contributed by atoms with Crippen molar-refractivity contribution in [3.8, 4) is 33.5 Å². The lowest BCUT2D eigenvalue weighted by Gasteiger charge is -2.28. The molecule has 0 N–H and O–H groups in total. The van der Waals surface area contributed by atoms with Crippen LogP contribution in [0.2, 0.25) is 0 Å². The third-order valence-electron chi connectivity index (χ3n) is 9.31. The third kappa shape index (κ3) is 2.62. The van der Waals surface area contributed by atoms with E-state index in [9.17, 15) is 0 Å². The summed E-state index contributed by atoms with van der Waals surface area (Å²) in [5.41, 5.74) is 13.1. The molecule has 2 aliphatic carbocycles. The number of pyridine rings is 2. The van der Waals surface area contributed by atoms with E-state index in [0.717, 1.165) is 44.4 Å². The van der Waals surface area contributed by atoms with Crippen LogP contribution in [0.4, 0.5) is 0 Å². The molecule has 0 aliphatic heterocycles. The van der Waals surface area contributed by atoms with Crippen LogP contribution >= 0.6 is 0 Å². The van der Waals surface area contributed by atoms with E-state index in [0.29, 0.717) is 0 Å². The molecular weight excluding hydrogens is 512 g/mol. The van der Waals surface area contributed by atoms with Gasteiger partial charge in [-0.25, -0.2) is 4.98 Å². The molecule has 3 nitrogen and oxygen atoms in total. The number of para-hydroxylation sites is 1. The molecule has 0 amide bonds. The average molecular weight is 535 g/mol. The second kappa shape index (κ2) is 7.80. The van der Waals surface area contributed by atoms with E-state index in [1.165, 1.54) is 44.3 Å². The molecule has 2 aliphatic rings. The smallest absolute Gasteiger partial charge is 0.135 e. The second-order valence-electron chi connectivity index (χ2n) is 11.3. The monoisotopic (exact) mass is 534 g/mol. The normalized spacial score (nSPS) is 16.2. The topological polar surface area (TPSA) is 38.9 Å². The first-order chi connectivity index (χ1) is 20.8. The summed E-state index contributed by atoms with van der Waals surface area (Å²) in [7, 11) is 0. The number of aromatic nitrogens is 2. The van der Waals surface area contributed by atoms with Gasteiger partial charge in [0.05, 0.1) is 16.7 Å². The van der Waals surface area contributed by atoms with Gasteiger partial charge in [-0.15, -0.1) is 0 Å². The maximum atomic E-state index is 6.83. The van der Waals surface area contributed by atoms with Crippen molar-refractivity contribution in [2.24, 2.45) is 0 Å². The number of fused-ring (bicyclic) bond motifs is 15. The van der Waals surface area contributed by atoms with Gasteiger partial charge in [0.1, 0.15) is 16.8 Å². The maximum Gasteiger partial charge on any atom is 0.135 e. The summed E-state index contributed by atoms with van der Waals surface area (Å²) in [5.74, 6) is 1.02. The van der Waals surface area contributed by atoms with Crippen LogP contribution < -0.4 is 0 Å². The number of hydrogen-bond acceptors (Lipinski definition) is 3. The van der Waals surface area contributed by atoms with Crippen LogP contribution in [-0.4, -0.2) is 9.97 Å². The molecule has 3 heteroatoms. The minimum absolute atomic E-state index is 0.508. The van der Waals surface area contributed by atoms with Crippen molar-refractivity contribution >= 4 is 32.8 Å². The summed E-state index contributed by atoms with van der Waals surface area (Å²) in [6.07, 6.45) is 1.84. The van der Waals surface area contributed by atoms with E-state index in [-0.39, 0.29) is 0 Å². The van der Waals surface area contributed by atoms with E-state index in [1.807, 2.05) is 12.3 Å². The highest BCUT2D eigenvalue weighted by atomic mass is 16.3. The van der Waals surface area contributed by atoms with Crippen molar-refractivity contribution in [1.29, 1.82) is 0 Å². The standard InChI is InChI=1S/C39H22N2O/c1-4-12-30-26(9-1)29-22-25(33-20-18-24-16-15-23-8-7-21-40-36(23)37(24)41-33)17-19-32(29)39(30)31-13-5-2-10-27(31)35-28-11-3-6-14-34(28)42-38(35)39/h1-22H. The maximum absolute atomic E-state index is 6.83. The molecule has 0 saturated heterocycles. The molecule has 1 unspecified atom stereocenters. The average Bonchev–Trinajstić information content (AvgIpc) is 3.68. The molecule has 0 saturated carbocycles. The van der Waals surface area contributed by atoms with Gasteiger partial charge >= 0.3 is 0 Å². The van der Waals surface area contributed by atoms with Crippen molar-refractivity contribution in [3.05, 3.63) is 156 Å². The largest absolute Gasteiger partial charge is 0.459 e. The van der Waals surface area contributed by atoms with Crippen LogP contribution in [0.15, 0.2) is 138 Å². The van der Waals surface area contributed by atoms with Gasteiger partial charge in [-0.1, -0.05) is 103 Å². The lowest BCUT2D eigenvalue weighted by Crippen LogP contribution is -2.25. The molecule has 194 valence electrons. The molecule has 10 rings (SSSR count). The zero-order chi connectivity index (χ0) is 27.4. The van der Waals surface area contributed by atoms with Crippen LogP contribution in [0.1, 0.15) is 22.5 Å². The van der Waals surface area contributed by atoms with Gasteiger partial charge in [0.25, 0.3) is 0 Å². The Balaban J connectivity index is 1.26. The Hall–Kier alpha value is -5.54. The molecule has 8 aromatic rings. The Kier molecular flexibility index (Phi) is 4.12. The molecule has 1 atom stereocenters. The second-order valence-corrected chi connectivity index (χ2v) is 11.3. The highest BCUT2D eigenvalue weighted by Crippen LogP contribution is 2.64. The highest BCUT2D eigenvalue weighted by molar-refractivity contribution is 6.05. The number of rotatable bonds is 1. The summed E-state index contributed by atoms with van der Waals surface area (Å²) in [6.45, 7) is 0. The molecule has 0 bridgehead atoms. The van der Waals surface area contributed by atoms with E-state index < -0.39 is 5.41 Å². The molecular formula is C39H22N2O. The van der Waals surface area contributed by atoms with E-state index in [2.05, 4.69) is 126 Å². The van der Waals surface area contributed by atoms with Crippen LogP contribution in [0.5, 0.6) is 0 Å². The van der Waals surface area contributed by atoms with Crippen LogP contribution in [0.3, 0.4) is 0 Å². The van der Waals surface area contributed by atoms with Gasteiger partial charge < -0.3 is 4.42 Å². The molecule has 5 aromatic carbocycles. The van der Waals surface area contributed by atoms with Gasteiger partial charge in [0.2, 0.25) is 0 Å². The fourth-order valence-electron chi connectivity index (χ4n) is 7.59. The predicted molar refractivity (Wildman–Crippen MR) is 169 cm³/mol. The first kappa shape index (κ1) is 22.2. The number of furan rings is 1. The lowest BCUT2D eigenvalue weighted by molar-refractivity contribution is 0.507. The molecule has 1 spiro atoms. The molecule has 3 heterocycles. The fraction of sp³-hybridized carbons (Fsp3) is 0.0256. The van der Waals surface area contributed by atoms with Crippen molar-refractivity contribution in [1.82, 2.24) is 9.97 Å². The summed E-state index contributed by atoms with van der Waals surface area (Å²) in [6, 6.07) is 45.5. The zero-order valence-electron chi connectivity index (χ0n) is 22.5. The Labute approximate surface area is 241 Å². The summed E-state index contributed by atoms with van der Waals surface area (Å²) in [5, 5.41) is 3.36. The van der Waals surface area contributed by atoms with E-state index in [1.54, 1.807) is 0 Å². The number of nitrogens with zero attached hydrogens (tertiary/aromatic N) is 2. The summed E-state index contributed by atoms with van der Waals surface area (Å²) in [4.78, 5) is 9.83. The molecule has 3 aromatic heterocycles. The Morgan fingerprint density at radius 1 is 0.548 bits per heavy atom. The van der Waals surface area contributed by atoms with Crippen molar-refractivity contribution in [2.75, 3.05) is 0 Å². The number of hydrogen-bond donors (Lipinski definition) is 0. The van der Waals surface area contributed by atoms with Crippen molar-refractivity contribution < 1.29 is 4.42 Å². The lowest BCUT2D eigenvalue weighted by atomic mass is 9.73. The summed E-state index contributed by atoms with van der Waals surface area (Å²) < 4.78 is 6.83. The number of benzene rings is 5. The molecule has 0 fully saturated rings. The van der Waals surface area contributed by atoms with Gasteiger partial charge in [-0.05, 0) is 57.6 Å². The van der Waals surface area contributed by atoms with Crippen molar-refractivity contribution in [2.45, 2.75) is 5.41 Å². The quantitative estimate of drug-likeness (QED) is 0.197. The molecule has 42 heavy (non-hydrogen) atoms. The zero-order valence-corrected chi connectivity index (χ0v) is 22.5. The van der Waals surface area contributed by atoms with Gasteiger partial charge in [-0.2, -0.15) is 0 Å². The molecule has 0 radical (unpaired) electrons. The van der Waals surface area contributed by atoms with Crippen molar-refractivity contribution in [3.63, 3.8) is 0 Å². The highest BCUT2D eigenvalue weighted by Gasteiger charge is 2.54. The van der Waals surface area contributed by atoms with Gasteiger partial charge in [0, 0.05) is 33.5 Å². The van der Waals surface area contributed by atoms with Crippen LogP contribution in [0, 0.1) is 0 Å². The van der Waals surface area contributed by atoms with Crippen LogP contribution in [-0.2, 0) is 5.41 Å². The fourth-order valence-corrected chi connectivity index (χ4v) is 7.59.